The van der Waals surface area contributed by atoms with E-state index in [1.165, 1.54) is 4.88 Å². The molecular weight excluding hydrogens is 308 g/mol. The first kappa shape index (κ1) is 16.2. The number of aromatic nitrogens is 2. The molecule has 124 valence electrons. The summed E-state index contributed by atoms with van der Waals surface area (Å²) in [5, 5.41) is 9.71. The van der Waals surface area contributed by atoms with E-state index in [1.54, 1.807) is 11.3 Å². The molecule has 6 heteroatoms. The molecule has 1 fully saturated rings. The molecule has 1 aliphatic heterocycles. The number of carbonyl (C=O) groups is 1. The molecule has 1 N–H and O–H groups in total. The molecule has 2 aromatic rings. The number of likely N-dealkylation sites (tertiary alicyclic amines) is 1. The van der Waals surface area contributed by atoms with Crippen molar-refractivity contribution in [2.24, 2.45) is 0 Å². The number of thiophene rings is 1. The van der Waals surface area contributed by atoms with Crippen LogP contribution < -0.4 is 5.32 Å². The van der Waals surface area contributed by atoms with Gasteiger partial charge in [0.05, 0.1) is 25.3 Å². The van der Waals surface area contributed by atoms with E-state index < -0.39 is 0 Å². The Morgan fingerprint density at radius 2 is 2.43 bits per heavy atom. The van der Waals surface area contributed by atoms with Crippen LogP contribution in [0.1, 0.15) is 36.2 Å². The Kier molecular flexibility index (Phi) is 5.13. The summed E-state index contributed by atoms with van der Waals surface area (Å²) in [5.41, 5.74) is 1.16. The normalized spacial score (nSPS) is 19.2. The minimum Gasteiger partial charge on any atom is -0.334 e. The molecule has 0 unspecified atom stereocenters. The van der Waals surface area contributed by atoms with E-state index in [4.69, 9.17) is 0 Å². The van der Waals surface area contributed by atoms with Crippen molar-refractivity contribution in [2.75, 3.05) is 13.1 Å². The largest absolute Gasteiger partial charge is 0.334 e. The number of rotatable bonds is 6. The molecule has 1 saturated heterocycles. The van der Waals surface area contributed by atoms with E-state index >= 15 is 0 Å². The Hall–Kier alpha value is -1.66. The molecule has 2 atom stereocenters. The van der Waals surface area contributed by atoms with Crippen LogP contribution in [0.2, 0.25) is 0 Å². The lowest BCUT2D eigenvalue weighted by Gasteiger charge is -2.25. The Labute approximate surface area is 141 Å². The average molecular weight is 332 g/mol. The van der Waals surface area contributed by atoms with E-state index in [9.17, 15) is 4.79 Å². The average Bonchev–Trinajstić information content (AvgIpc) is 3.25. The summed E-state index contributed by atoms with van der Waals surface area (Å²) < 4.78 is 1.92. The van der Waals surface area contributed by atoms with Gasteiger partial charge in [0.2, 0.25) is 5.91 Å². The number of amides is 1. The van der Waals surface area contributed by atoms with Crippen molar-refractivity contribution < 1.29 is 4.79 Å². The molecule has 5 nitrogen and oxygen atoms in total. The van der Waals surface area contributed by atoms with Crippen LogP contribution >= 0.6 is 11.3 Å². The highest BCUT2D eigenvalue weighted by Gasteiger charge is 2.30. The first-order chi connectivity index (χ1) is 11.1. The van der Waals surface area contributed by atoms with Crippen molar-refractivity contribution in [3.05, 3.63) is 40.3 Å². The van der Waals surface area contributed by atoms with Crippen molar-refractivity contribution in [1.82, 2.24) is 20.0 Å². The van der Waals surface area contributed by atoms with Gasteiger partial charge in [-0.3, -0.25) is 9.48 Å². The number of hydrogen-bond acceptors (Lipinski definition) is 4. The summed E-state index contributed by atoms with van der Waals surface area (Å²) in [5.74, 6) is 0.199. The van der Waals surface area contributed by atoms with E-state index in [0.717, 1.165) is 31.5 Å². The number of aryl methyl sites for hydroxylation is 1. The second-order valence-electron chi connectivity index (χ2n) is 6.28. The smallest absolute Gasteiger partial charge is 0.237 e. The molecule has 0 aliphatic carbocycles. The van der Waals surface area contributed by atoms with Crippen LogP contribution in [-0.4, -0.2) is 39.7 Å². The fourth-order valence-corrected chi connectivity index (χ4v) is 3.99. The molecule has 0 spiro atoms. The highest BCUT2D eigenvalue weighted by Crippen LogP contribution is 2.34. The van der Waals surface area contributed by atoms with E-state index in [0.29, 0.717) is 6.54 Å². The quantitative estimate of drug-likeness (QED) is 0.884. The van der Waals surface area contributed by atoms with Gasteiger partial charge in [0, 0.05) is 23.7 Å². The molecular formula is C17H24N4OS. The Balaban J connectivity index is 1.50. The number of nitrogens with one attached hydrogen (secondary N) is 1. The van der Waals surface area contributed by atoms with Gasteiger partial charge >= 0.3 is 0 Å². The highest BCUT2D eigenvalue weighted by molar-refractivity contribution is 7.10. The fraction of sp³-hybridized carbons (Fsp3) is 0.529. The maximum atomic E-state index is 12.6. The van der Waals surface area contributed by atoms with Gasteiger partial charge in [-0.2, -0.15) is 5.10 Å². The van der Waals surface area contributed by atoms with Crippen molar-refractivity contribution in [3.8, 4) is 0 Å². The minimum atomic E-state index is 0.199. The Bertz CT molecular complexity index is 637. The summed E-state index contributed by atoms with van der Waals surface area (Å²) in [6, 6.07) is 4.68. The molecule has 0 aromatic carbocycles. The van der Waals surface area contributed by atoms with Crippen LogP contribution in [0.5, 0.6) is 0 Å². The molecule has 0 bridgehead atoms. The number of nitrogens with zero attached hydrogens (tertiary/aromatic N) is 3. The minimum absolute atomic E-state index is 0.199. The second-order valence-corrected chi connectivity index (χ2v) is 7.26. The van der Waals surface area contributed by atoms with Crippen LogP contribution in [0, 0.1) is 6.92 Å². The molecule has 1 aliphatic rings. The second kappa shape index (κ2) is 7.27. The highest BCUT2D eigenvalue weighted by atomic mass is 32.1. The van der Waals surface area contributed by atoms with Gasteiger partial charge in [0.25, 0.3) is 0 Å². The summed E-state index contributed by atoms with van der Waals surface area (Å²) in [7, 11) is 0. The van der Waals surface area contributed by atoms with Gasteiger partial charge in [-0.1, -0.05) is 6.07 Å². The number of carbonyl (C=O) groups excluding carboxylic acids is 1. The van der Waals surface area contributed by atoms with Crippen molar-refractivity contribution in [2.45, 2.75) is 45.3 Å². The molecule has 23 heavy (non-hydrogen) atoms. The van der Waals surface area contributed by atoms with Crippen LogP contribution in [0.4, 0.5) is 0 Å². The monoisotopic (exact) mass is 332 g/mol. The molecule has 3 rings (SSSR count). The molecule has 3 heterocycles. The van der Waals surface area contributed by atoms with E-state index in [-0.39, 0.29) is 18.0 Å². The molecule has 0 radical (unpaired) electrons. The van der Waals surface area contributed by atoms with Crippen LogP contribution in [-0.2, 0) is 11.3 Å². The molecule has 0 saturated carbocycles. The van der Waals surface area contributed by atoms with E-state index in [2.05, 4.69) is 34.9 Å². The van der Waals surface area contributed by atoms with Gasteiger partial charge < -0.3 is 10.2 Å². The fourth-order valence-electron chi connectivity index (χ4n) is 3.12. The summed E-state index contributed by atoms with van der Waals surface area (Å²) in [6.07, 6.45) is 6.05. The topological polar surface area (TPSA) is 50.2 Å². The van der Waals surface area contributed by atoms with Crippen molar-refractivity contribution >= 4 is 17.2 Å². The predicted octanol–water partition coefficient (Wildman–Crippen LogP) is 2.59. The zero-order valence-electron chi connectivity index (χ0n) is 13.7. The standard InChI is InChI=1S/C17H24N4OS/c1-13-9-19-20(11-13)12-14(2)18-10-17(22)21-7-3-5-15(21)16-6-4-8-23-16/h4,6,8-9,11,14-15,18H,3,5,7,10,12H2,1-2H3/t14-,15-/m0/s1. The van der Waals surface area contributed by atoms with Gasteiger partial charge in [0.1, 0.15) is 0 Å². The lowest BCUT2D eigenvalue weighted by molar-refractivity contribution is -0.131. The summed E-state index contributed by atoms with van der Waals surface area (Å²) in [4.78, 5) is 15.9. The summed E-state index contributed by atoms with van der Waals surface area (Å²) >= 11 is 1.74. The first-order valence-corrected chi connectivity index (χ1v) is 9.07. The van der Waals surface area contributed by atoms with Gasteiger partial charge in [-0.15, -0.1) is 11.3 Å². The van der Waals surface area contributed by atoms with Crippen LogP contribution in [0.15, 0.2) is 29.9 Å². The first-order valence-electron chi connectivity index (χ1n) is 8.19. The van der Waals surface area contributed by atoms with Crippen LogP contribution in [0.3, 0.4) is 0 Å². The third-order valence-corrected chi connectivity index (χ3v) is 5.24. The lowest BCUT2D eigenvalue weighted by atomic mass is 10.2. The maximum absolute atomic E-state index is 12.6. The maximum Gasteiger partial charge on any atom is 0.237 e. The van der Waals surface area contributed by atoms with Crippen molar-refractivity contribution in [3.63, 3.8) is 0 Å². The Morgan fingerprint density at radius 1 is 1.57 bits per heavy atom. The lowest BCUT2D eigenvalue weighted by Crippen LogP contribution is -2.41. The van der Waals surface area contributed by atoms with E-state index in [1.807, 2.05) is 28.9 Å². The van der Waals surface area contributed by atoms with Gasteiger partial charge in [0.15, 0.2) is 0 Å². The summed E-state index contributed by atoms with van der Waals surface area (Å²) in [6.45, 7) is 6.16. The van der Waals surface area contributed by atoms with Gasteiger partial charge in [-0.05, 0) is 43.7 Å². The van der Waals surface area contributed by atoms with Crippen molar-refractivity contribution in [1.29, 1.82) is 0 Å². The van der Waals surface area contributed by atoms with Gasteiger partial charge in [-0.25, -0.2) is 0 Å². The zero-order valence-corrected chi connectivity index (χ0v) is 14.6. The molecule has 2 aromatic heterocycles. The number of hydrogen-bond donors (Lipinski definition) is 1. The SMILES string of the molecule is Cc1cnn(C[C@H](C)NCC(=O)N2CCC[C@H]2c2cccs2)c1. The molecule has 1 amide bonds. The zero-order chi connectivity index (χ0) is 16.2. The van der Waals surface area contributed by atoms with Crippen LogP contribution in [0.25, 0.3) is 0 Å². The predicted molar refractivity (Wildman–Crippen MR) is 92.4 cm³/mol. The third-order valence-electron chi connectivity index (χ3n) is 4.27. The third kappa shape index (κ3) is 4.00. The Morgan fingerprint density at radius 3 is 3.13 bits per heavy atom.